The summed E-state index contributed by atoms with van der Waals surface area (Å²) in [4.78, 5) is 4.78. The Hall–Kier alpha value is -2.59. The maximum atomic E-state index is 5.44. The first-order chi connectivity index (χ1) is 15.7. The highest BCUT2D eigenvalue weighted by Crippen LogP contribution is 2.21. The Balaban J connectivity index is 0.00000385. The van der Waals surface area contributed by atoms with Gasteiger partial charge in [0.05, 0.1) is 19.3 Å². The summed E-state index contributed by atoms with van der Waals surface area (Å²) in [5, 5.41) is 11.5. The second kappa shape index (κ2) is 14.5. The minimum atomic E-state index is 0. The Bertz CT molecular complexity index is 974. The van der Waals surface area contributed by atoms with Crippen LogP contribution in [0.4, 0.5) is 0 Å². The third kappa shape index (κ3) is 8.70. The van der Waals surface area contributed by atoms with Crippen molar-refractivity contribution in [3.8, 4) is 17.0 Å². The number of aryl methyl sites for hydroxylation is 1. The molecule has 8 heteroatoms. The lowest BCUT2D eigenvalue weighted by atomic mass is 10.1. The molecule has 33 heavy (non-hydrogen) atoms. The van der Waals surface area contributed by atoms with Gasteiger partial charge in [0.15, 0.2) is 5.96 Å². The van der Waals surface area contributed by atoms with E-state index in [1.165, 1.54) is 0 Å². The molecule has 0 saturated carbocycles. The van der Waals surface area contributed by atoms with Gasteiger partial charge in [-0.1, -0.05) is 42.5 Å². The van der Waals surface area contributed by atoms with E-state index in [4.69, 9.17) is 14.5 Å². The van der Waals surface area contributed by atoms with Gasteiger partial charge in [-0.25, -0.2) is 4.99 Å². The van der Waals surface area contributed by atoms with Crippen LogP contribution in [0, 0.1) is 0 Å². The minimum absolute atomic E-state index is 0. The van der Waals surface area contributed by atoms with Crippen LogP contribution in [0.25, 0.3) is 11.3 Å². The lowest BCUT2D eigenvalue weighted by Gasteiger charge is -2.13. The lowest BCUT2D eigenvalue weighted by Crippen LogP contribution is -2.37. The SMILES string of the molecule is CCOCCCNC(=NCc1ccc(OC)cc1)NCc1cn(C)nc1-c1ccccc1.I. The van der Waals surface area contributed by atoms with Crippen molar-refractivity contribution in [1.29, 1.82) is 0 Å². The molecule has 1 heterocycles. The number of guanidine groups is 1. The largest absolute Gasteiger partial charge is 0.497 e. The smallest absolute Gasteiger partial charge is 0.191 e. The zero-order valence-corrected chi connectivity index (χ0v) is 21.9. The molecule has 7 nitrogen and oxygen atoms in total. The Morgan fingerprint density at radius 1 is 1.06 bits per heavy atom. The van der Waals surface area contributed by atoms with Gasteiger partial charge in [-0.2, -0.15) is 5.10 Å². The Kier molecular flexibility index (Phi) is 11.7. The zero-order chi connectivity index (χ0) is 22.6. The van der Waals surface area contributed by atoms with Crippen LogP contribution in [0.5, 0.6) is 5.75 Å². The Morgan fingerprint density at radius 2 is 1.82 bits per heavy atom. The molecule has 0 aliphatic rings. The molecule has 2 aromatic carbocycles. The summed E-state index contributed by atoms with van der Waals surface area (Å²) in [5.74, 6) is 1.61. The number of rotatable bonds is 11. The Labute approximate surface area is 213 Å². The predicted molar refractivity (Wildman–Crippen MR) is 144 cm³/mol. The van der Waals surface area contributed by atoms with E-state index in [1.807, 2.05) is 67.3 Å². The number of ether oxygens (including phenoxy) is 2. The number of nitrogens with zero attached hydrogens (tertiary/aromatic N) is 3. The molecule has 178 valence electrons. The molecule has 2 N–H and O–H groups in total. The summed E-state index contributed by atoms with van der Waals surface area (Å²) in [6.45, 7) is 5.46. The number of nitrogens with one attached hydrogen (secondary N) is 2. The van der Waals surface area contributed by atoms with Crippen LogP contribution in [0.3, 0.4) is 0 Å². The van der Waals surface area contributed by atoms with Crippen LogP contribution in [0.15, 0.2) is 65.8 Å². The molecule has 0 radical (unpaired) electrons. The maximum Gasteiger partial charge on any atom is 0.191 e. The highest BCUT2D eigenvalue weighted by molar-refractivity contribution is 14.0. The van der Waals surface area contributed by atoms with Crippen molar-refractivity contribution in [1.82, 2.24) is 20.4 Å². The van der Waals surface area contributed by atoms with E-state index in [9.17, 15) is 0 Å². The van der Waals surface area contributed by atoms with Crippen molar-refractivity contribution in [2.75, 3.05) is 26.9 Å². The quantitative estimate of drug-likeness (QED) is 0.157. The summed E-state index contributed by atoms with van der Waals surface area (Å²) in [5.41, 5.74) is 4.32. The number of aliphatic imine (C=N–C) groups is 1. The van der Waals surface area contributed by atoms with Crippen LogP contribution in [0.1, 0.15) is 24.5 Å². The highest BCUT2D eigenvalue weighted by Gasteiger charge is 2.10. The molecule has 0 spiro atoms. The molecule has 0 aliphatic carbocycles. The van der Waals surface area contributed by atoms with Gasteiger partial charge < -0.3 is 20.1 Å². The predicted octanol–water partition coefficient (Wildman–Crippen LogP) is 4.38. The first kappa shape index (κ1) is 26.7. The molecule has 0 saturated heterocycles. The fourth-order valence-electron chi connectivity index (χ4n) is 3.29. The molecule has 0 atom stereocenters. The van der Waals surface area contributed by atoms with Gasteiger partial charge in [0.2, 0.25) is 0 Å². The third-order valence-electron chi connectivity index (χ3n) is 4.94. The second-order valence-corrected chi connectivity index (χ2v) is 7.39. The number of aromatic nitrogens is 2. The fraction of sp³-hybridized carbons (Fsp3) is 0.360. The van der Waals surface area contributed by atoms with E-state index in [0.29, 0.717) is 13.1 Å². The van der Waals surface area contributed by atoms with Crippen molar-refractivity contribution in [2.24, 2.45) is 12.0 Å². The van der Waals surface area contributed by atoms with Crippen LogP contribution in [-0.4, -0.2) is 42.6 Å². The van der Waals surface area contributed by atoms with E-state index < -0.39 is 0 Å². The van der Waals surface area contributed by atoms with Gasteiger partial charge in [-0.15, -0.1) is 24.0 Å². The van der Waals surface area contributed by atoms with Crippen molar-refractivity contribution in [3.05, 3.63) is 71.9 Å². The van der Waals surface area contributed by atoms with E-state index in [0.717, 1.165) is 60.3 Å². The van der Waals surface area contributed by atoms with Crippen molar-refractivity contribution in [2.45, 2.75) is 26.4 Å². The fourth-order valence-corrected chi connectivity index (χ4v) is 3.29. The van der Waals surface area contributed by atoms with Gasteiger partial charge in [-0.05, 0) is 31.0 Å². The van der Waals surface area contributed by atoms with Crippen molar-refractivity contribution >= 4 is 29.9 Å². The number of halogens is 1. The van der Waals surface area contributed by atoms with E-state index in [1.54, 1.807) is 7.11 Å². The molecule has 0 amide bonds. The molecule has 0 unspecified atom stereocenters. The summed E-state index contributed by atoms with van der Waals surface area (Å²) >= 11 is 0. The highest BCUT2D eigenvalue weighted by atomic mass is 127. The van der Waals surface area contributed by atoms with Crippen LogP contribution < -0.4 is 15.4 Å². The summed E-state index contributed by atoms with van der Waals surface area (Å²) in [7, 11) is 3.62. The lowest BCUT2D eigenvalue weighted by molar-refractivity contribution is 0.145. The number of benzene rings is 2. The third-order valence-corrected chi connectivity index (χ3v) is 4.94. The van der Waals surface area contributed by atoms with Gasteiger partial charge >= 0.3 is 0 Å². The van der Waals surface area contributed by atoms with E-state index in [2.05, 4.69) is 27.9 Å². The minimum Gasteiger partial charge on any atom is -0.497 e. The van der Waals surface area contributed by atoms with Crippen LogP contribution >= 0.6 is 24.0 Å². The molecule has 3 aromatic rings. The molecular formula is C25H34IN5O2. The van der Waals surface area contributed by atoms with Crippen LogP contribution in [-0.2, 0) is 24.9 Å². The Morgan fingerprint density at radius 3 is 2.52 bits per heavy atom. The average molecular weight is 563 g/mol. The van der Waals surface area contributed by atoms with Gasteiger partial charge in [-0.3, -0.25) is 4.68 Å². The average Bonchev–Trinajstić information content (AvgIpc) is 3.21. The summed E-state index contributed by atoms with van der Waals surface area (Å²) in [6, 6.07) is 18.2. The maximum absolute atomic E-state index is 5.44. The van der Waals surface area contributed by atoms with Crippen LogP contribution in [0.2, 0.25) is 0 Å². The molecule has 0 aliphatic heterocycles. The summed E-state index contributed by atoms with van der Waals surface area (Å²) in [6.07, 6.45) is 2.96. The second-order valence-electron chi connectivity index (χ2n) is 7.39. The monoisotopic (exact) mass is 563 g/mol. The summed E-state index contributed by atoms with van der Waals surface area (Å²) < 4.78 is 12.5. The van der Waals surface area contributed by atoms with Gasteiger partial charge in [0.1, 0.15) is 5.75 Å². The number of hydrogen-bond acceptors (Lipinski definition) is 4. The molecule has 1 aromatic heterocycles. The van der Waals surface area contributed by atoms with E-state index >= 15 is 0 Å². The molecule has 3 rings (SSSR count). The molecule has 0 bridgehead atoms. The molecular weight excluding hydrogens is 529 g/mol. The van der Waals surface area contributed by atoms with E-state index in [-0.39, 0.29) is 24.0 Å². The van der Waals surface area contributed by atoms with Crippen molar-refractivity contribution in [3.63, 3.8) is 0 Å². The van der Waals surface area contributed by atoms with Gasteiger partial charge in [0.25, 0.3) is 0 Å². The van der Waals surface area contributed by atoms with Crippen molar-refractivity contribution < 1.29 is 9.47 Å². The normalized spacial score (nSPS) is 11.1. The first-order valence-electron chi connectivity index (χ1n) is 11.0. The standard InChI is InChI=1S/C25H33N5O2.HI/c1-4-32-16-8-15-26-25(27-17-20-11-13-23(31-3)14-12-20)28-18-22-19-30(2)29-24(22)21-9-6-5-7-10-21;/h5-7,9-14,19H,4,8,15-18H2,1-3H3,(H2,26,27,28);1H. The number of methoxy groups -OCH3 is 1. The number of hydrogen-bond donors (Lipinski definition) is 2. The first-order valence-corrected chi connectivity index (χ1v) is 11.0. The molecule has 0 fully saturated rings. The topological polar surface area (TPSA) is 72.7 Å². The zero-order valence-electron chi connectivity index (χ0n) is 19.6. The van der Waals surface area contributed by atoms with Gasteiger partial charge in [0, 0.05) is 50.7 Å².